The summed E-state index contributed by atoms with van der Waals surface area (Å²) in [6, 6.07) is 5.01. The molecule has 0 aromatic heterocycles. The SMILES string of the molecule is CC(C)(Nc1cc(Br)ccc1C(N)=O)C(C)(C)C(=O)O. The number of anilines is 1. The number of carboxylic acid groups (broad SMARTS) is 1. The maximum Gasteiger partial charge on any atom is 0.311 e. The Bertz CT molecular complexity index is 553. The molecule has 1 rings (SSSR count). The fourth-order valence-electron chi connectivity index (χ4n) is 1.60. The van der Waals surface area contributed by atoms with Gasteiger partial charge in [-0.15, -0.1) is 0 Å². The molecule has 0 aliphatic carbocycles. The largest absolute Gasteiger partial charge is 0.481 e. The molecule has 4 N–H and O–H groups in total. The number of amides is 1. The normalized spacial score (nSPS) is 12.1. The molecule has 6 heteroatoms. The average molecular weight is 343 g/mol. The second-order valence-corrected chi connectivity index (χ2v) is 6.65. The summed E-state index contributed by atoms with van der Waals surface area (Å²) in [4.78, 5) is 22.9. The van der Waals surface area contributed by atoms with E-state index in [0.29, 0.717) is 11.3 Å². The number of carbonyl (C=O) groups is 2. The van der Waals surface area contributed by atoms with Gasteiger partial charge in [-0.2, -0.15) is 0 Å². The smallest absolute Gasteiger partial charge is 0.311 e. The molecule has 0 unspecified atom stereocenters. The number of carboxylic acids is 1. The van der Waals surface area contributed by atoms with E-state index in [0.717, 1.165) is 4.47 Å². The van der Waals surface area contributed by atoms with Crippen molar-refractivity contribution < 1.29 is 14.7 Å². The van der Waals surface area contributed by atoms with Crippen molar-refractivity contribution in [3.8, 4) is 0 Å². The first-order valence-corrected chi connectivity index (χ1v) is 6.89. The highest BCUT2D eigenvalue weighted by Gasteiger charge is 2.43. The van der Waals surface area contributed by atoms with Gasteiger partial charge in [0.1, 0.15) is 0 Å². The number of rotatable bonds is 5. The molecular formula is C14H19BrN2O3. The number of nitrogens with one attached hydrogen (secondary N) is 1. The average Bonchev–Trinajstić information content (AvgIpc) is 2.27. The Morgan fingerprint density at radius 3 is 2.25 bits per heavy atom. The van der Waals surface area contributed by atoms with Gasteiger partial charge < -0.3 is 16.2 Å². The predicted molar refractivity (Wildman–Crippen MR) is 81.8 cm³/mol. The molecule has 0 saturated heterocycles. The van der Waals surface area contributed by atoms with Crippen LogP contribution in [0.15, 0.2) is 22.7 Å². The Kier molecular flexibility index (Phi) is 4.49. The number of halogens is 1. The monoisotopic (exact) mass is 342 g/mol. The predicted octanol–water partition coefficient (Wildman–Crippen LogP) is 2.85. The summed E-state index contributed by atoms with van der Waals surface area (Å²) in [5.41, 5.74) is 4.34. The molecule has 0 spiro atoms. The van der Waals surface area contributed by atoms with Crippen molar-refractivity contribution in [3.63, 3.8) is 0 Å². The summed E-state index contributed by atoms with van der Waals surface area (Å²) in [5.74, 6) is -1.49. The number of primary amides is 1. The van der Waals surface area contributed by atoms with Crippen molar-refractivity contribution in [3.05, 3.63) is 28.2 Å². The minimum Gasteiger partial charge on any atom is -0.481 e. The topological polar surface area (TPSA) is 92.4 Å². The number of carbonyl (C=O) groups excluding carboxylic acids is 1. The minimum absolute atomic E-state index is 0.322. The van der Waals surface area contributed by atoms with Crippen molar-refractivity contribution in [1.82, 2.24) is 0 Å². The summed E-state index contributed by atoms with van der Waals surface area (Å²) in [6.07, 6.45) is 0. The van der Waals surface area contributed by atoms with E-state index in [2.05, 4.69) is 21.2 Å². The lowest BCUT2D eigenvalue weighted by molar-refractivity contribution is -0.149. The van der Waals surface area contributed by atoms with Gasteiger partial charge in [0.15, 0.2) is 0 Å². The van der Waals surface area contributed by atoms with E-state index < -0.39 is 22.8 Å². The standard InChI is InChI=1S/C14H19BrN2O3/c1-13(2,12(19)20)14(3,4)17-10-7-8(15)5-6-9(10)11(16)18/h5-7,17H,1-4H3,(H2,16,18)(H,19,20). The minimum atomic E-state index is -1.04. The van der Waals surface area contributed by atoms with Crippen molar-refractivity contribution in [2.75, 3.05) is 5.32 Å². The third-order valence-corrected chi connectivity index (χ3v) is 4.28. The molecule has 1 amide bonds. The molecule has 0 aliphatic heterocycles. The zero-order valence-electron chi connectivity index (χ0n) is 12.0. The molecule has 0 radical (unpaired) electrons. The molecular weight excluding hydrogens is 324 g/mol. The van der Waals surface area contributed by atoms with E-state index in [-0.39, 0.29) is 0 Å². The van der Waals surface area contributed by atoms with Crippen LogP contribution in [0.2, 0.25) is 0 Å². The van der Waals surface area contributed by atoms with E-state index in [9.17, 15) is 14.7 Å². The third-order valence-electron chi connectivity index (χ3n) is 3.79. The van der Waals surface area contributed by atoms with E-state index in [1.165, 1.54) is 0 Å². The molecule has 5 nitrogen and oxygen atoms in total. The second-order valence-electron chi connectivity index (χ2n) is 5.73. The first-order chi connectivity index (χ1) is 8.99. The first-order valence-electron chi connectivity index (χ1n) is 6.10. The van der Waals surface area contributed by atoms with E-state index in [1.54, 1.807) is 45.9 Å². The Morgan fingerprint density at radius 2 is 1.80 bits per heavy atom. The fourth-order valence-corrected chi connectivity index (χ4v) is 1.96. The van der Waals surface area contributed by atoms with E-state index in [1.807, 2.05) is 0 Å². The number of aliphatic carboxylic acids is 1. The second kappa shape index (κ2) is 5.44. The number of hydrogen-bond donors (Lipinski definition) is 3. The molecule has 0 bridgehead atoms. The van der Waals surface area contributed by atoms with Crippen LogP contribution in [-0.4, -0.2) is 22.5 Å². The number of nitrogens with two attached hydrogens (primary N) is 1. The third kappa shape index (κ3) is 3.12. The Labute approximate surface area is 126 Å². The molecule has 1 aromatic carbocycles. The Balaban J connectivity index is 3.25. The summed E-state index contributed by atoms with van der Waals surface area (Å²) in [5, 5.41) is 12.5. The lowest BCUT2D eigenvalue weighted by Crippen LogP contribution is -2.50. The van der Waals surface area contributed by atoms with Crippen molar-refractivity contribution >= 4 is 33.5 Å². The quantitative estimate of drug-likeness (QED) is 0.766. The van der Waals surface area contributed by atoms with Gasteiger partial charge in [-0.3, -0.25) is 9.59 Å². The van der Waals surface area contributed by atoms with Crippen LogP contribution in [0, 0.1) is 5.41 Å². The Morgan fingerprint density at radius 1 is 1.25 bits per heavy atom. The number of hydrogen-bond acceptors (Lipinski definition) is 3. The lowest BCUT2D eigenvalue weighted by Gasteiger charge is -2.40. The summed E-state index contributed by atoms with van der Waals surface area (Å²) in [6.45, 7) is 6.80. The van der Waals surface area contributed by atoms with Gasteiger partial charge in [0.25, 0.3) is 5.91 Å². The van der Waals surface area contributed by atoms with Crippen molar-refractivity contribution in [1.29, 1.82) is 0 Å². The molecule has 110 valence electrons. The van der Waals surface area contributed by atoms with E-state index in [4.69, 9.17) is 5.73 Å². The van der Waals surface area contributed by atoms with Crippen LogP contribution < -0.4 is 11.1 Å². The molecule has 0 heterocycles. The zero-order chi connectivity index (χ0) is 15.7. The summed E-state index contributed by atoms with van der Waals surface area (Å²) < 4.78 is 0.772. The van der Waals surface area contributed by atoms with Crippen LogP contribution in [0.1, 0.15) is 38.1 Å². The van der Waals surface area contributed by atoms with Crippen LogP contribution >= 0.6 is 15.9 Å². The fraction of sp³-hybridized carbons (Fsp3) is 0.429. The molecule has 0 atom stereocenters. The van der Waals surface area contributed by atoms with Crippen LogP contribution in [0.5, 0.6) is 0 Å². The van der Waals surface area contributed by atoms with Gasteiger partial charge >= 0.3 is 5.97 Å². The van der Waals surface area contributed by atoms with Crippen LogP contribution in [0.4, 0.5) is 5.69 Å². The molecule has 20 heavy (non-hydrogen) atoms. The van der Waals surface area contributed by atoms with Crippen LogP contribution in [-0.2, 0) is 4.79 Å². The van der Waals surface area contributed by atoms with Gasteiger partial charge in [0, 0.05) is 15.7 Å². The highest BCUT2D eigenvalue weighted by molar-refractivity contribution is 9.10. The van der Waals surface area contributed by atoms with Crippen LogP contribution in [0.25, 0.3) is 0 Å². The van der Waals surface area contributed by atoms with Gasteiger partial charge in [0.2, 0.25) is 0 Å². The highest BCUT2D eigenvalue weighted by atomic mass is 79.9. The van der Waals surface area contributed by atoms with Crippen molar-refractivity contribution in [2.45, 2.75) is 33.2 Å². The maximum atomic E-state index is 11.5. The van der Waals surface area contributed by atoms with Gasteiger partial charge in [-0.1, -0.05) is 15.9 Å². The van der Waals surface area contributed by atoms with Gasteiger partial charge in [-0.25, -0.2) is 0 Å². The van der Waals surface area contributed by atoms with Crippen molar-refractivity contribution in [2.24, 2.45) is 11.1 Å². The molecule has 0 fully saturated rings. The summed E-state index contributed by atoms with van der Waals surface area (Å²) in [7, 11) is 0. The van der Waals surface area contributed by atoms with Crippen LogP contribution in [0.3, 0.4) is 0 Å². The highest BCUT2D eigenvalue weighted by Crippen LogP contribution is 2.35. The molecule has 1 aromatic rings. The molecule has 0 saturated carbocycles. The number of benzene rings is 1. The Hall–Kier alpha value is -1.56. The first kappa shape index (κ1) is 16.5. The maximum absolute atomic E-state index is 11.5. The van der Waals surface area contributed by atoms with E-state index >= 15 is 0 Å². The molecule has 0 aliphatic rings. The zero-order valence-corrected chi connectivity index (χ0v) is 13.5. The van der Waals surface area contributed by atoms with Gasteiger partial charge in [-0.05, 0) is 45.9 Å². The summed E-state index contributed by atoms with van der Waals surface area (Å²) >= 11 is 3.32. The lowest BCUT2D eigenvalue weighted by atomic mass is 9.74. The van der Waals surface area contributed by atoms with Gasteiger partial charge in [0.05, 0.1) is 11.0 Å².